The Morgan fingerprint density at radius 3 is 2.38 bits per heavy atom. The van der Waals surface area contributed by atoms with Gasteiger partial charge >= 0.3 is 0 Å². The van der Waals surface area contributed by atoms with Crippen molar-refractivity contribution in [1.29, 1.82) is 0 Å². The molecule has 0 spiro atoms. The van der Waals surface area contributed by atoms with Crippen molar-refractivity contribution in [2.24, 2.45) is 0 Å². The van der Waals surface area contributed by atoms with Gasteiger partial charge in [0.2, 0.25) is 5.91 Å². The molecule has 26 heavy (non-hydrogen) atoms. The molecule has 136 valence electrons. The van der Waals surface area contributed by atoms with Crippen molar-refractivity contribution in [3.05, 3.63) is 52.5 Å². The fourth-order valence-electron chi connectivity index (χ4n) is 2.76. The Hall–Kier alpha value is -2.24. The fourth-order valence-corrected chi connectivity index (χ4v) is 3.06. The van der Waals surface area contributed by atoms with Crippen molar-refractivity contribution >= 4 is 46.4 Å². The molecule has 1 aliphatic heterocycles. The predicted molar refractivity (Wildman–Crippen MR) is 103 cm³/mol. The van der Waals surface area contributed by atoms with Crippen LogP contribution in [0.4, 0.5) is 11.4 Å². The zero-order chi connectivity index (χ0) is 19.1. The van der Waals surface area contributed by atoms with Crippen LogP contribution in [0.5, 0.6) is 5.75 Å². The minimum atomic E-state index is -1.09. The molecule has 7 heteroatoms. The lowest BCUT2D eigenvalue weighted by Crippen LogP contribution is -2.57. The molecule has 0 aromatic heterocycles. The minimum absolute atomic E-state index is 0.314. The van der Waals surface area contributed by atoms with Gasteiger partial charge in [-0.2, -0.15) is 0 Å². The molecule has 0 aliphatic carbocycles. The fraction of sp³-hybridized carbons (Fsp3) is 0.263. The van der Waals surface area contributed by atoms with Crippen LogP contribution in [0.1, 0.15) is 20.8 Å². The summed E-state index contributed by atoms with van der Waals surface area (Å²) >= 11 is 11.9. The van der Waals surface area contributed by atoms with Crippen molar-refractivity contribution in [2.75, 3.05) is 10.2 Å². The monoisotopic (exact) mass is 392 g/mol. The van der Waals surface area contributed by atoms with Crippen LogP contribution in [0.15, 0.2) is 42.5 Å². The summed E-state index contributed by atoms with van der Waals surface area (Å²) in [6.07, 6.45) is 0. The molecule has 2 aromatic carbocycles. The average Bonchev–Trinajstić information content (AvgIpc) is 2.58. The van der Waals surface area contributed by atoms with Crippen molar-refractivity contribution in [1.82, 2.24) is 0 Å². The predicted octanol–water partition coefficient (Wildman–Crippen LogP) is 4.52. The third kappa shape index (κ3) is 3.50. The van der Waals surface area contributed by atoms with Crippen LogP contribution < -0.4 is 15.0 Å². The largest absolute Gasteiger partial charge is 0.476 e. The zero-order valence-electron chi connectivity index (χ0n) is 14.5. The van der Waals surface area contributed by atoms with Crippen molar-refractivity contribution in [3.8, 4) is 5.75 Å². The third-order valence-electron chi connectivity index (χ3n) is 4.16. The number of hydrogen-bond donors (Lipinski definition) is 1. The van der Waals surface area contributed by atoms with Crippen LogP contribution >= 0.6 is 23.2 Å². The summed E-state index contributed by atoms with van der Waals surface area (Å²) in [7, 11) is 0. The molecule has 2 amide bonds. The smallest absolute Gasteiger partial charge is 0.271 e. The van der Waals surface area contributed by atoms with Gasteiger partial charge in [-0.15, -0.1) is 0 Å². The highest BCUT2D eigenvalue weighted by Crippen LogP contribution is 2.40. The molecule has 1 heterocycles. The molecule has 0 saturated heterocycles. The molecule has 1 unspecified atom stereocenters. The van der Waals surface area contributed by atoms with E-state index in [0.717, 1.165) is 0 Å². The molecule has 0 radical (unpaired) electrons. The summed E-state index contributed by atoms with van der Waals surface area (Å²) < 4.78 is 5.78. The van der Waals surface area contributed by atoms with Crippen LogP contribution in [0, 0.1) is 0 Å². The second-order valence-electron chi connectivity index (χ2n) is 6.57. The van der Waals surface area contributed by atoms with E-state index in [-0.39, 0.29) is 11.8 Å². The third-order valence-corrected chi connectivity index (χ3v) is 4.65. The lowest BCUT2D eigenvalue weighted by atomic mass is 10.0. The molecule has 0 fully saturated rings. The number of nitrogens with zero attached hydrogens (tertiary/aromatic N) is 1. The molecule has 1 atom stereocenters. The van der Waals surface area contributed by atoms with E-state index in [9.17, 15) is 9.59 Å². The van der Waals surface area contributed by atoms with Gasteiger partial charge in [-0.25, -0.2) is 0 Å². The van der Waals surface area contributed by atoms with Gasteiger partial charge in [0.15, 0.2) is 5.60 Å². The highest BCUT2D eigenvalue weighted by atomic mass is 35.5. The zero-order valence-corrected chi connectivity index (χ0v) is 16.1. The molecule has 0 bridgehead atoms. The Morgan fingerprint density at radius 2 is 1.73 bits per heavy atom. The van der Waals surface area contributed by atoms with Gasteiger partial charge in [0, 0.05) is 15.7 Å². The number of rotatable bonds is 3. The van der Waals surface area contributed by atoms with E-state index in [2.05, 4.69) is 5.32 Å². The SMILES string of the molecule is CC(C(=O)Nc1ccc(Cl)cc1)N1C(=O)C(C)(C)Oc2ccc(Cl)cc21. The first-order chi connectivity index (χ1) is 12.2. The van der Waals surface area contributed by atoms with Gasteiger partial charge in [-0.3, -0.25) is 14.5 Å². The second-order valence-corrected chi connectivity index (χ2v) is 7.44. The molecule has 2 aromatic rings. The van der Waals surface area contributed by atoms with Crippen LogP contribution in [-0.4, -0.2) is 23.5 Å². The lowest BCUT2D eigenvalue weighted by molar-refractivity contribution is -0.134. The summed E-state index contributed by atoms with van der Waals surface area (Å²) in [6.45, 7) is 5.00. The molecular formula is C19H18Cl2N2O3. The Morgan fingerprint density at radius 1 is 1.12 bits per heavy atom. The van der Waals surface area contributed by atoms with E-state index in [1.165, 1.54) is 4.90 Å². The van der Waals surface area contributed by atoms with E-state index in [1.807, 2.05) is 0 Å². The van der Waals surface area contributed by atoms with Gasteiger partial charge in [0.25, 0.3) is 5.91 Å². The number of nitrogens with one attached hydrogen (secondary N) is 1. The molecule has 1 aliphatic rings. The van der Waals surface area contributed by atoms with Crippen LogP contribution in [0.3, 0.4) is 0 Å². The maximum Gasteiger partial charge on any atom is 0.271 e. The lowest BCUT2D eigenvalue weighted by Gasteiger charge is -2.41. The number of carbonyl (C=O) groups excluding carboxylic acids is 2. The summed E-state index contributed by atoms with van der Waals surface area (Å²) in [5.41, 5.74) is -0.0200. The summed E-state index contributed by atoms with van der Waals surface area (Å²) in [5, 5.41) is 3.82. The number of fused-ring (bicyclic) bond motifs is 1. The van der Waals surface area contributed by atoms with Crippen molar-refractivity contribution < 1.29 is 14.3 Å². The number of carbonyl (C=O) groups is 2. The van der Waals surface area contributed by atoms with Gasteiger partial charge < -0.3 is 10.1 Å². The summed E-state index contributed by atoms with van der Waals surface area (Å²) in [4.78, 5) is 27.1. The van der Waals surface area contributed by atoms with E-state index in [4.69, 9.17) is 27.9 Å². The van der Waals surface area contributed by atoms with Crippen molar-refractivity contribution in [2.45, 2.75) is 32.4 Å². The van der Waals surface area contributed by atoms with Crippen molar-refractivity contribution in [3.63, 3.8) is 0 Å². The maximum atomic E-state index is 12.9. The maximum absolute atomic E-state index is 12.9. The first-order valence-corrected chi connectivity index (χ1v) is 8.83. The quantitative estimate of drug-likeness (QED) is 0.834. The Bertz CT molecular complexity index is 866. The number of amides is 2. The van der Waals surface area contributed by atoms with Gasteiger partial charge in [0.05, 0.1) is 5.69 Å². The standard InChI is InChI=1S/C19H18Cl2N2O3/c1-11(17(24)22-14-7-4-12(20)5-8-14)23-15-10-13(21)6-9-16(15)26-19(2,3)18(23)25/h4-11H,1-3H3,(H,22,24). The average molecular weight is 393 g/mol. The van der Waals surface area contributed by atoms with E-state index in [0.29, 0.717) is 27.2 Å². The Balaban J connectivity index is 1.93. The minimum Gasteiger partial charge on any atom is -0.476 e. The van der Waals surface area contributed by atoms with E-state index in [1.54, 1.807) is 63.2 Å². The first-order valence-electron chi connectivity index (χ1n) is 8.08. The second kappa shape index (κ2) is 6.82. The Kier molecular flexibility index (Phi) is 4.86. The van der Waals surface area contributed by atoms with E-state index < -0.39 is 11.6 Å². The molecule has 5 nitrogen and oxygen atoms in total. The molecule has 0 saturated carbocycles. The topological polar surface area (TPSA) is 58.6 Å². The molecular weight excluding hydrogens is 375 g/mol. The van der Waals surface area contributed by atoms with Gasteiger partial charge in [-0.05, 0) is 63.2 Å². The molecule has 1 N–H and O–H groups in total. The number of halogens is 2. The summed E-state index contributed by atoms with van der Waals surface area (Å²) in [5.74, 6) is -0.138. The highest BCUT2D eigenvalue weighted by Gasteiger charge is 2.44. The number of benzene rings is 2. The number of ether oxygens (including phenoxy) is 1. The normalized spacial score (nSPS) is 16.5. The molecule has 3 rings (SSSR count). The Labute approximate surface area is 161 Å². The van der Waals surface area contributed by atoms with Gasteiger partial charge in [-0.1, -0.05) is 23.2 Å². The van der Waals surface area contributed by atoms with Crippen LogP contribution in [0.25, 0.3) is 0 Å². The first kappa shape index (κ1) is 18.5. The number of hydrogen-bond acceptors (Lipinski definition) is 3. The summed E-state index contributed by atoms with van der Waals surface area (Å²) in [6, 6.07) is 11.0. The highest BCUT2D eigenvalue weighted by molar-refractivity contribution is 6.31. The number of anilines is 2. The van der Waals surface area contributed by atoms with E-state index >= 15 is 0 Å². The van der Waals surface area contributed by atoms with Gasteiger partial charge in [0.1, 0.15) is 11.8 Å². The van der Waals surface area contributed by atoms with Crippen LogP contribution in [0.2, 0.25) is 10.0 Å². The van der Waals surface area contributed by atoms with Crippen LogP contribution in [-0.2, 0) is 9.59 Å².